The maximum absolute atomic E-state index is 12.4. The molecule has 1 aliphatic carbocycles. The summed E-state index contributed by atoms with van der Waals surface area (Å²) in [6, 6.07) is 5.47. The minimum atomic E-state index is -0.750. The summed E-state index contributed by atoms with van der Waals surface area (Å²) in [6.07, 6.45) is 0.856. The van der Waals surface area contributed by atoms with Gasteiger partial charge in [-0.1, -0.05) is 23.2 Å². The Kier molecular flexibility index (Phi) is 4.07. The summed E-state index contributed by atoms with van der Waals surface area (Å²) in [4.78, 5) is 14.2. The van der Waals surface area contributed by atoms with Gasteiger partial charge in [0.05, 0.1) is 0 Å². The molecule has 3 nitrogen and oxygen atoms in total. The van der Waals surface area contributed by atoms with Crippen molar-refractivity contribution in [1.29, 1.82) is 0 Å². The Hall–Kier alpha value is -0.580. The van der Waals surface area contributed by atoms with Gasteiger partial charge in [0.15, 0.2) is 0 Å². The number of hydrogen-bond donors (Lipinski definition) is 0. The molecule has 20 heavy (non-hydrogen) atoms. The van der Waals surface area contributed by atoms with E-state index < -0.39 is 10.8 Å². The molecule has 6 heteroatoms. The lowest BCUT2D eigenvalue weighted by Crippen LogP contribution is -2.42. The molecule has 2 fully saturated rings. The Bertz CT molecular complexity index is 548. The van der Waals surface area contributed by atoms with Gasteiger partial charge in [-0.15, -0.1) is 0 Å². The number of hydrogen-bond acceptors (Lipinski definition) is 2. The van der Waals surface area contributed by atoms with Crippen LogP contribution in [0.1, 0.15) is 17.9 Å². The lowest BCUT2D eigenvalue weighted by atomic mass is 10.1. The molecule has 1 aromatic rings. The molecule has 2 atom stereocenters. The standard InChI is InChI=1S/C14H15Cl2NO2S/c15-10-5-9(6-11(16)7-10)12-8-13(12)14(18)17-1-3-20(19)4-2-17/h5-7,12-13H,1-4,8H2/t12-,13+/m0/s1. The predicted molar refractivity (Wildman–Crippen MR) is 81.8 cm³/mol. The predicted octanol–water partition coefficient (Wildman–Crippen LogP) is 2.69. The molecule has 1 aromatic carbocycles. The molecular formula is C14H15Cl2NO2S. The van der Waals surface area contributed by atoms with E-state index in [2.05, 4.69) is 0 Å². The van der Waals surface area contributed by atoms with Gasteiger partial charge in [-0.25, -0.2) is 0 Å². The van der Waals surface area contributed by atoms with Crippen LogP contribution in [0.25, 0.3) is 0 Å². The highest BCUT2D eigenvalue weighted by Gasteiger charge is 2.46. The van der Waals surface area contributed by atoms with E-state index in [0.717, 1.165) is 12.0 Å². The second-order valence-corrected chi connectivity index (χ2v) is 7.89. The fourth-order valence-corrected chi connectivity index (χ4v) is 4.31. The van der Waals surface area contributed by atoms with Crippen LogP contribution >= 0.6 is 23.2 Å². The minimum Gasteiger partial charge on any atom is -0.341 e. The normalized spacial score (nSPS) is 26.6. The van der Waals surface area contributed by atoms with E-state index in [4.69, 9.17) is 23.2 Å². The molecule has 0 aromatic heterocycles. The second-order valence-electron chi connectivity index (χ2n) is 5.32. The summed E-state index contributed by atoms with van der Waals surface area (Å²) in [5, 5.41) is 1.22. The van der Waals surface area contributed by atoms with Crippen molar-refractivity contribution in [3.8, 4) is 0 Å². The zero-order valence-electron chi connectivity index (χ0n) is 10.9. The Morgan fingerprint density at radius 2 is 1.75 bits per heavy atom. The van der Waals surface area contributed by atoms with Gasteiger partial charge in [0.1, 0.15) is 0 Å². The summed E-state index contributed by atoms with van der Waals surface area (Å²) in [7, 11) is -0.750. The number of carbonyl (C=O) groups excluding carboxylic acids is 1. The van der Waals surface area contributed by atoms with Gasteiger partial charge in [-0.05, 0) is 36.1 Å². The summed E-state index contributed by atoms with van der Waals surface area (Å²) < 4.78 is 11.3. The van der Waals surface area contributed by atoms with Crippen molar-refractivity contribution in [3.05, 3.63) is 33.8 Å². The average Bonchev–Trinajstić information content (AvgIpc) is 3.18. The average molecular weight is 332 g/mol. The van der Waals surface area contributed by atoms with Crippen molar-refractivity contribution >= 4 is 39.9 Å². The van der Waals surface area contributed by atoms with Crippen LogP contribution in [0, 0.1) is 5.92 Å². The van der Waals surface area contributed by atoms with E-state index in [1.54, 1.807) is 6.07 Å². The Morgan fingerprint density at radius 3 is 2.35 bits per heavy atom. The third-order valence-electron chi connectivity index (χ3n) is 3.91. The zero-order chi connectivity index (χ0) is 14.3. The number of benzene rings is 1. The molecule has 1 saturated carbocycles. The van der Waals surface area contributed by atoms with Gasteiger partial charge in [-0.3, -0.25) is 9.00 Å². The van der Waals surface area contributed by atoms with Crippen molar-refractivity contribution in [2.45, 2.75) is 12.3 Å². The van der Waals surface area contributed by atoms with Gasteiger partial charge in [0, 0.05) is 51.4 Å². The van der Waals surface area contributed by atoms with Crippen LogP contribution in [-0.4, -0.2) is 39.6 Å². The molecule has 0 N–H and O–H groups in total. The largest absolute Gasteiger partial charge is 0.341 e. The molecule has 0 bridgehead atoms. The number of rotatable bonds is 2. The van der Waals surface area contributed by atoms with Crippen molar-refractivity contribution in [2.24, 2.45) is 5.92 Å². The van der Waals surface area contributed by atoms with E-state index >= 15 is 0 Å². The minimum absolute atomic E-state index is 0.0380. The zero-order valence-corrected chi connectivity index (χ0v) is 13.2. The molecule has 1 aliphatic heterocycles. The third-order valence-corrected chi connectivity index (χ3v) is 5.62. The van der Waals surface area contributed by atoms with Crippen molar-refractivity contribution in [3.63, 3.8) is 0 Å². The summed E-state index contributed by atoms with van der Waals surface area (Å²) in [5.41, 5.74) is 1.04. The lowest BCUT2D eigenvalue weighted by molar-refractivity contribution is -0.132. The molecule has 1 heterocycles. The maximum atomic E-state index is 12.4. The van der Waals surface area contributed by atoms with Gasteiger partial charge < -0.3 is 4.90 Å². The monoisotopic (exact) mass is 331 g/mol. The van der Waals surface area contributed by atoms with Crippen molar-refractivity contribution in [2.75, 3.05) is 24.6 Å². The highest BCUT2D eigenvalue weighted by atomic mass is 35.5. The number of carbonyl (C=O) groups is 1. The Morgan fingerprint density at radius 1 is 1.15 bits per heavy atom. The van der Waals surface area contributed by atoms with Crippen LogP contribution in [-0.2, 0) is 15.6 Å². The Balaban J connectivity index is 1.66. The fraction of sp³-hybridized carbons (Fsp3) is 0.500. The highest BCUT2D eigenvalue weighted by molar-refractivity contribution is 7.85. The molecule has 108 valence electrons. The molecule has 3 rings (SSSR count). The van der Waals surface area contributed by atoms with E-state index in [9.17, 15) is 9.00 Å². The molecular weight excluding hydrogens is 317 g/mol. The van der Waals surface area contributed by atoms with Crippen LogP contribution < -0.4 is 0 Å². The van der Waals surface area contributed by atoms with Crippen LogP contribution in [0.5, 0.6) is 0 Å². The van der Waals surface area contributed by atoms with E-state index in [1.165, 1.54) is 0 Å². The Labute approximate surface area is 130 Å². The first-order chi connectivity index (χ1) is 9.54. The molecule has 0 radical (unpaired) electrons. The maximum Gasteiger partial charge on any atom is 0.226 e. The molecule has 1 saturated heterocycles. The summed E-state index contributed by atoms with van der Waals surface area (Å²) in [5.74, 6) is 1.66. The molecule has 0 unspecified atom stereocenters. The number of amides is 1. The molecule has 1 amide bonds. The van der Waals surface area contributed by atoms with Crippen LogP contribution in [0.15, 0.2) is 18.2 Å². The quantitative estimate of drug-likeness (QED) is 0.835. The lowest BCUT2D eigenvalue weighted by Gasteiger charge is -2.26. The molecule has 0 spiro atoms. The smallest absolute Gasteiger partial charge is 0.226 e. The van der Waals surface area contributed by atoms with Crippen LogP contribution in [0.2, 0.25) is 10.0 Å². The SMILES string of the molecule is O=C([C@@H]1C[C@H]1c1cc(Cl)cc(Cl)c1)N1CCS(=O)CC1. The highest BCUT2D eigenvalue weighted by Crippen LogP contribution is 2.49. The van der Waals surface area contributed by atoms with Crippen LogP contribution in [0.4, 0.5) is 0 Å². The van der Waals surface area contributed by atoms with Gasteiger partial charge in [0.25, 0.3) is 0 Å². The van der Waals surface area contributed by atoms with E-state index in [0.29, 0.717) is 34.6 Å². The third kappa shape index (κ3) is 3.02. The van der Waals surface area contributed by atoms with Crippen LogP contribution in [0.3, 0.4) is 0 Å². The van der Waals surface area contributed by atoms with Crippen molar-refractivity contribution < 1.29 is 9.00 Å². The van der Waals surface area contributed by atoms with E-state index in [-0.39, 0.29) is 17.7 Å². The van der Waals surface area contributed by atoms with Gasteiger partial charge in [-0.2, -0.15) is 0 Å². The topological polar surface area (TPSA) is 37.4 Å². The molecule has 2 aliphatic rings. The summed E-state index contributed by atoms with van der Waals surface area (Å²) >= 11 is 12.0. The first-order valence-electron chi connectivity index (χ1n) is 6.64. The fourth-order valence-electron chi connectivity index (χ4n) is 2.72. The second kappa shape index (κ2) is 5.66. The number of nitrogens with zero attached hydrogens (tertiary/aromatic N) is 1. The summed E-state index contributed by atoms with van der Waals surface area (Å²) in [6.45, 7) is 1.23. The van der Waals surface area contributed by atoms with Gasteiger partial charge >= 0.3 is 0 Å². The van der Waals surface area contributed by atoms with Crippen molar-refractivity contribution in [1.82, 2.24) is 4.90 Å². The first-order valence-corrected chi connectivity index (χ1v) is 8.89. The van der Waals surface area contributed by atoms with Gasteiger partial charge in [0.2, 0.25) is 5.91 Å². The first kappa shape index (κ1) is 14.4. The van der Waals surface area contributed by atoms with E-state index in [1.807, 2.05) is 17.0 Å². The number of halogens is 2.